The van der Waals surface area contributed by atoms with Crippen molar-refractivity contribution in [1.29, 1.82) is 0 Å². The van der Waals surface area contributed by atoms with E-state index in [1.165, 1.54) is 0 Å². The summed E-state index contributed by atoms with van der Waals surface area (Å²) in [7, 11) is 4.46. The molecule has 0 bridgehead atoms. The van der Waals surface area contributed by atoms with Gasteiger partial charge in [-0.1, -0.05) is 61.0 Å². The van der Waals surface area contributed by atoms with Crippen LogP contribution in [0.2, 0.25) is 0 Å². The summed E-state index contributed by atoms with van der Waals surface area (Å²) in [5.74, 6) is 0.626. The number of nitrogens with one attached hydrogen (secondary N) is 3. The van der Waals surface area contributed by atoms with Crippen LogP contribution in [0.3, 0.4) is 0 Å². The molecule has 4 amide bonds. The van der Waals surface area contributed by atoms with Gasteiger partial charge in [0.15, 0.2) is 0 Å². The molecule has 3 N–H and O–H groups in total. The second kappa shape index (κ2) is 23.7. The zero-order valence-corrected chi connectivity index (χ0v) is 35.1. The molecular formula is C44H58N4O10S. The maximum atomic E-state index is 14.3. The third-order valence-electron chi connectivity index (χ3n) is 10.5. The van der Waals surface area contributed by atoms with Crippen LogP contribution in [0.1, 0.15) is 55.2 Å². The van der Waals surface area contributed by atoms with Gasteiger partial charge in [0.2, 0.25) is 5.91 Å². The Morgan fingerprint density at radius 3 is 1.81 bits per heavy atom. The summed E-state index contributed by atoms with van der Waals surface area (Å²) in [4.78, 5) is 51.3. The highest BCUT2D eigenvalue weighted by atomic mass is 32.2. The number of unbranched alkanes of at least 4 members (excludes halogenated alkanes) is 1. The Hall–Kier alpha value is -4.83. The number of carbonyl (C=O) groups is 4. The lowest BCUT2D eigenvalue weighted by Gasteiger charge is -2.45. The topological polar surface area (TPSA) is 163 Å². The number of hydrogen-bond donors (Lipinski definition) is 3. The molecule has 15 heteroatoms. The average molecular weight is 835 g/mol. The average Bonchev–Trinajstić information content (AvgIpc) is 3.81. The van der Waals surface area contributed by atoms with E-state index in [9.17, 15) is 19.2 Å². The Bertz CT molecular complexity index is 1720. The summed E-state index contributed by atoms with van der Waals surface area (Å²) in [6.45, 7) is 3.54. The summed E-state index contributed by atoms with van der Waals surface area (Å²) >= 11 is 1.90. The van der Waals surface area contributed by atoms with E-state index in [4.69, 9.17) is 23.7 Å². The molecule has 3 atom stereocenters. The molecule has 14 nitrogen and oxygen atoms in total. The molecule has 0 aliphatic carbocycles. The quantitative estimate of drug-likeness (QED) is 0.0358. The van der Waals surface area contributed by atoms with E-state index in [1.54, 1.807) is 14.2 Å². The number of carbonyl (C=O) groups excluding carboxylic acids is 4. The van der Waals surface area contributed by atoms with Gasteiger partial charge in [-0.3, -0.25) is 9.59 Å². The molecule has 2 saturated heterocycles. The summed E-state index contributed by atoms with van der Waals surface area (Å²) in [6, 6.07) is 26.0. The second-order valence-electron chi connectivity index (χ2n) is 14.2. The minimum Gasteiger partial charge on any atom is -0.497 e. The van der Waals surface area contributed by atoms with Gasteiger partial charge in [0.25, 0.3) is 0 Å². The van der Waals surface area contributed by atoms with Crippen LogP contribution >= 0.6 is 11.8 Å². The number of esters is 1. The van der Waals surface area contributed by atoms with Crippen molar-refractivity contribution in [2.45, 2.75) is 61.4 Å². The van der Waals surface area contributed by atoms with Gasteiger partial charge in [0, 0.05) is 43.7 Å². The van der Waals surface area contributed by atoms with Gasteiger partial charge in [0.1, 0.15) is 17.0 Å². The van der Waals surface area contributed by atoms with Gasteiger partial charge in [-0.2, -0.15) is 11.8 Å². The molecule has 59 heavy (non-hydrogen) atoms. The summed E-state index contributed by atoms with van der Waals surface area (Å²) in [6.07, 6.45) is 4.28. The minimum atomic E-state index is -0.925. The third kappa shape index (κ3) is 12.1. The first-order valence-corrected chi connectivity index (χ1v) is 21.3. The van der Waals surface area contributed by atoms with Gasteiger partial charge in [-0.25, -0.2) is 9.59 Å². The third-order valence-corrected chi connectivity index (χ3v) is 12.0. The Morgan fingerprint density at radius 1 is 0.712 bits per heavy atom. The fraction of sp³-hybridized carbons (Fsp3) is 0.500. The summed E-state index contributed by atoms with van der Waals surface area (Å²) < 4.78 is 31.9. The largest absolute Gasteiger partial charge is 0.497 e. The van der Waals surface area contributed by atoms with Crippen molar-refractivity contribution in [1.82, 2.24) is 20.9 Å². The highest BCUT2D eigenvalue weighted by Crippen LogP contribution is 2.49. The molecule has 3 aromatic carbocycles. The van der Waals surface area contributed by atoms with Gasteiger partial charge in [-0.05, 0) is 66.6 Å². The van der Waals surface area contributed by atoms with Crippen LogP contribution in [0.15, 0.2) is 78.9 Å². The molecule has 2 aliphatic heterocycles. The van der Waals surface area contributed by atoms with Crippen LogP contribution in [-0.2, 0) is 38.9 Å². The van der Waals surface area contributed by atoms with Crippen LogP contribution in [-0.4, -0.2) is 126 Å². The SMILES string of the molecule is COC(=O)C(=O)NCCCOCCOCCOCCCNC(=O)CCCC[C@@H]1SC[C@H]2[C@@H]1NC(=O)N2C(c1ccccc1)(c1ccc(OC)cc1)c1ccc(OC)cc1. The zero-order chi connectivity index (χ0) is 41.9. The maximum absolute atomic E-state index is 14.3. The molecule has 0 spiro atoms. The predicted octanol–water partition coefficient (Wildman–Crippen LogP) is 4.67. The van der Waals surface area contributed by atoms with Crippen LogP contribution in [0.5, 0.6) is 11.5 Å². The van der Waals surface area contributed by atoms with Crippen molar-refractivity contribution in [3.8, 4) is 11.5 Å². The van der Waals surface area contributed by atoms with Gasteiger partial charge >= 0.3 is 17.9 Å². The van der Waals surface area contributed by atoms with Crippen LogP contribution < -0.4 is 25.4 Å². The maximum Gasteiger partial charge on any atom is 0.396 e. The first-order chi connectivity index (χ1) is 28.8. The van der Waals surface area contributed by atoms with Crippen molar-refractivity contribution in [3.05, 3.63) is 95.6 Å². The van der Waals surface area contributed by atoms with Crippen LogP contribution in [0, 0.1) is 0 Å². The molecule has 2 fully saturated rings. The van der Waals surface area contributed by atoms with E-state index in [2.05, 4.69) is 62.0 Å². The van der Waals surface area contributed by atoms with E-state index in [0.717, 1.165) is 60.3 Å². The Balaban J connectivity index is 1.02. The van der Waals surface area contributed by atoms with Crippen molar-refractivity contribution in [2.75, 3.05) is 79.8 Å². The number of hydrogen-bond acceptors (Lipinski definition) is 11. The summed E-state index contributed by atoms with van der Waals surface area (Å²) in [5, 5.41) is 9.06. The summed E-state index contributed by atoms with van der Waals surface area (Å²) in [5.41, 5.74) is 1.98. The first-order valence-electron chi connectivity index (χ1n) is 20.3. The number of rotatable bonds is 25. The van der Waals surface area contributed by atoms with Gasteiger partial charge in [0.05, 0.1) is 59.8 Å². The number of urea groups is 1. The van der Waals surface area contributed by atoms with E-state index in [1.807, 2.05) is 54.2 Å². The molecule has 2 heterocycles. The molecule has 0 radical (unpaired) electrons. The van der Waals surface area contributed by atoms with E-state index in [-0.39, 0.29) is 29.3 Å². The number of ether oxygens (including phenoxy) is 6. The number of amides is 4. The Morgan fingerprint density at radius 2 is 1.25 bits per heavy atom. The van der Waals surface area contributed by atoms with E-state index >= 15 is 0 Å². The zero-order valence-electron chi connectivity index (χ0n) is 34.3. The Kier molecular flexibility index (Phi) is 18.2. The number of benzene rings is 3. The molecule has 0 aromatic heterocycles. The minimum absolute atomic E-state index is 0.0307. The normalized spacial score (nSPS) is 17.2. The lowest BCUT2D eigenvalue weighted by molar-refractivity contribution is -0.152. The molecule has 5 rings (SSSR count). The fourth-order valence-corrected chi connectivity index (χ4v) is 9.18. The molecule has 0 saturated carbocycles. The second-order valence-corrected chi connectivity index (χ2v) is 15.5. The van der Waals surface area contributed by atoms with Crippen molar-refractivity contribution >= 4 is 35.6 Å². The molecule has 0 unspecified atom stereocenters. The fourth-order valence-electron chi connectivity index (χ4n) is 7.59. The molecule has 2 aliphatic rings. The monoisotopic (exact) mass is 834 g/mol. The smallest absolute Gasteiger partial charge is 0.396 e. The van der Waals surface area contributed by atoms with Crippen LogP contribution in [0.25, 0.3) is 0 Å². The lowest BCUT2D eigenvalue weighted by atomic mass is 9.74. The lowest BCUT2D eigenvalue weighted by Crippen LogP contribution is -2.53. The van der Waals surface area contributed by atoms with Crippen molar-refractivity contribution < 1.29 is 47.6 Å². The van der Waals surface area contributed by atoms with Crippen LogP contribution in [0.4, 0.5) is 4.79 Å². The van der Waals surface area contributed by atoms with Gasteiger partial charge in [-0.15, -0.1) is 0 Å². The number of methoxy groups -OCH3 is 3. The molecule has 3 aromatic rings. The van der Waals surface area contributed by atoms with E-state index < -0.39 is 17.4 Å². The predicted molar refractivity (Wildman–Crippen MR) is 225 cm³/mol. The number of fused-ring (bicyclic) bond motifs is 1. The molecular weight excluding hydrogens is 777 g/mol. The van der Waals surface area contributed by atoms with E-state index in [0.29, 0.717) is 72.0 Å². The van der Waals surface area contributed by atoms with Crippen molar-refractivity contribution in [3.63, 3.8) is 0 Å². The van der Waals surface area contributed by atoms with Gasteiger partial charge < -0.3 is 49.3 Å². The molecule has 320 valence electrons. The highest BCUT2D eigenvalue weighted by molar-refractivity contribution is 8.00. The first kappa shape index (κ1) is 45.3. The number of thioether (sulfide) groups is 1. The van der Waals surface area contributed by atoms with Crippen molar-refractivity contribution in [2.24, 2.45) is 0 Å². The highest BCUT2D eigenvalue weighted by Gasteiger charge is 2.57. The standard InChI is InChI=1S/C44H58N4O10S/c1-53-35-19-15-33(16-20-35)44(32-11-5-4-6-12-32,34-17-21-36(54-2)22-18-34)48-37-31-59-38(40(37)47-43(48)52)13-7-8-14-39(49)45-23-9-25-56-27-29-58-30-28-57-26-10-24-46-41(50)42(51)55-3/h4-6,11-12,15-22,37-38,40H,7-10,13-14,23-31H2,1-3H3,(H,45,49)(H,46,50)(H,47,52)/t37-,38-,40-/m0/s1. The Labute approximate surface area is 351 Å². The number of nitrogens with zero attached hydrogens (tertiary/aromatic N) is 1.